The van der Waals surface area contributed by atoms with Gasteiger partial charge in [-0.3, -0.25) is 4.90 Å². The van der Waals surface area contributed by atoms with Gasteiger partial charge in [0, 0.05) is 17.6 Å². The van der Waals surface area contributed by atoms with Crippen LogP contribution in [0.15, 0.2) is 24.3 Å². The van der Waals surface area contributed by atoms with E-state index in [0.29, 0.717) is 0 Å². The third-order valence-corrected chi connectivity index (χ3v) is 3.75. The minimum absolute atomic E-state index is 0.0798. The van der Waals surface area contributed by atoms with Gasteiger partial charge >= 0.3 is 0 Å². The molecule has 0 aromatic heterocycles. The lowest BCUT2D eigenvalue weighted by Crippen LogP contribution is -2.37. The number of likely N-dealkylation sites (tertiary alicyclic amines) is 1. The van der Waals surface area contributed by atoms with Crippen LogP contribution < -0.4 is 0 Å². The van der Waals surface area contributed by atoms with Crippen molar-refractivity contribution in [2.45, 2.75) is 38.8 Å². The maximum Gasteiger partial charge on any atom is 0.104 e. The average molecular weight is 243 g/mol. The summed E-state index contributed by atoms with van der Waals surface area (Å²) in [7, 11) is 0. The van der Waals surface area contributed by atoms with Crippen molar-refractivity contribution in [3.63, 3.8) is 0 Å². The van der Waals surface area contributed by atoms with Gasteiger partial charge in [0.1, 0.15) is 6.61 Å². The van der Waals surface area contributed by atoms with E-state index in [-0.39, 0.29) is 12.1 Å². The Morgan fingerprint density at radius 3 is 2.78 bits per heavy atom. The highest BCUT2D eigenvalue weighted by Gasteiger charge is 2.31. The molecular formula is C16H21NO. The lowest BCUT2D eigenvalue weighted by molar-refractivity contribution is 0.166. The van der Waals surface area contributed by atoms with Crippen LogP contribution in [0, 0.1) is 11.8 Å². The second-order valence-corrected chi connectivity index (χ2v) is 5.45. The first-order valence-electron chi connectivity index (χ1n) is 6.56. The number of rotatable bonds is 2. The molecule has 0 atom stereocenters. The number of nitrogens with zero attached hydrogens (tertiary/aromatic N) is 1. The smallest absolute Gasteiger partial charge is 0.104 e. The van der Waals surface area contributed by atoms with Crippen LogP contribution in [0.25, 0.3) is 0 Å². The van der Waals surface area contributed by atoms with Gasteiger partial charge in [0.2, 0.25) is 0 Å². The van der Waals surface area contributed by atoms with Crippen molar-refractivity contribution in [2.75, 3.05) is 13.2 Å². The standard InChI is InChI=1S/C16H21NO/c1-16(2)10-6-11-17(16)13-15-8-4-3-7-14(15)9-5-12-18/h3-4,7-8,18H,6,10-13H2,1-2H3. The topological polar surface area (TPSA) is 23.5 Å². The molecule has 2 nitrogen and oxygen atoms in total. The second-order valence-electron chi connectivity index (χ2n) is 5.45. The van der Waals surface area contributed by atoms with Gasteiger partial charge in [0.25, 0.3) is 0 Å². The highest BCUT2D eigenvalue weighted by atomic mass is 16.2. The van der Waals surface area contributed by atoms with Crippen LogP contribution in [0.3, 0.4) is 0 Å². The van der Waals surface area contributed by atoms with Crippen LogP contribution in [0.2, 0.25) is 0 Å². The molecule has 18 heavy (non-hydrogen) atoms. The number of hydrogen-bond donors (Lipinski definition) is 1. The Morgan fingerprint density at radius 2 is 2.11 bits per heavy atom. The molecular weight excluding hydrogens is 222 g/mol. The highest BCUT2D eigenvalue weighted by molar-refractivity contribution is 5.41. The molecule has 1 aromatic rings. The second kappa shape index (κ2) is 5.56. The molecule has 96 valence electrons. The Kier molecular flexibility index (Phi) is 4.06. The van der Waals surface area contributed by atoms with Crippen molar-refractivity contribution in [1.82, 2.24) is 4.90 Å². The van der Waals surface area contributed by atoms with Crippen LogP contribution in [0.1, 0.15) is 37.8 Å². The van der Waals surface area contributed by atoms with Crippen LogP contribution in [-0.2, 0) is 6.54 Å². The molecule has 0 saturated carbocycles. The Balaban J connectivity index is 2.19. The van der Waals surface area contributed by atoms with E-state index in [1.54, 1.807) is 0 Å². The number of aliphatic hydroxyl groups excluding tert-OH is 1. The van der Waals surface area contributed by atoms with Gasteiger partial charge in [-0.1, -0.05) is 30.0 Å². The summed E-state index contributed by atoms with van der Waals surface area (Å²) in [6.07, 6.45) is 2.54. The van der Waals surface area contributed by atoms with E-state index >= 15 is 0 Å². The summed E-state index contributed by atoms with van der Waals surface area (Å²) in [6.45, 7) is 6.64. The fourth-order valence-corrected chi connectivity index (χ4v) is 2.58. The molecule has 1 fully saturated rings. The first kappa shape index (κ1) is 13.1. The van der Waals surface area contributed by atoms with Crippen LogP contribution in [-0.4, -0.2) is 28.7 Å². The molecule has 0 spiro atoms. The highest BCUT2D eigenvalue weighted by Crippen LogP contribution is 2.30. The van der Waals surface area contributed by atoms with E-state index in [0.717, 1.165) is 18.7 Å². The van der Waals surface area contributed by atoms with Crippen LogP contribution >= 0.6 is 0 Å². The van der Waals surface area contributed by atoms with Gasteiger partial charge in [-0.2, -0.15) is 0 Å². The Bertz CT molecular complexity index is 467. The number of aliphatic hydroxyl groups is 1. The van der Waals surface area contributed by atoms with E-state index in [9.17, 15) is 0 Å². The van der Waals surface area contributed by atoms with Gasteiger partial charge < -0.3 is 5.11 Å². The molecule has 0 radical (unpaired) electrons. The van der Waals surface area contributed by atoms with Crippen LogP contribution in [0.5, 0.6) is 0 Å². The van der Waals surface area contributed by atoms with Crippen molar-refractivity contribution < 1.29 is 5.11 Å². The maximum atomic E-state index is 8.80. The summed E-state index contributed by atoms with van der Waals surface area (Å²) in [5, 5.41) is 8.80. The van der Waals surface area contributed by atoms with Gasteiger partial charge in [0.05, 0.1) is 0 Å². The summed E-state index contributed by atoms with van der Waals surface area (Å²) >= 11 is 0. The molecule has 1 heterocycles. The molecule has 1 aromatic carbocycles. The van der Waals surface area contributed by atoms with E-state index in [1.165, 1.54) is 18.4 Å². The predicted octanol–water partition coefficient (Wildman–Crippen LogP) is 2.40. The molecule has 0 bridgehead atoms. The van der Waals surface area contributed by atoms with Gasteiger partial charge in [0.15, 0.2) is 0 Å². The van der Waals surface area contributed by atoms with Gasteiger partial charge in [-0.15, -0.1) is 0 Å². The Labute approximate surface area is 110 Å². The molecule has 1 N–H and O–H groups in total. The number of hydrogen-bond acceptors (Lipinski definition) is 2. The average Bonchev–Trinajstić information content (AvgIpc) is 2.68. The van der Waals surface area contributed by atoms with Crippen molar-refractivity contribution in [1.29, 1.82) is 0 Å². The Morgan fingerprint density at radius 1 is 1.33 bits per heavy atom. The lowest BCUT2D eigenvalue weighted by Gasteiger charge is -2.31. The van der Waals surface area contributed by atoms with Crippen molar-refractivity contribution >= 4 is 0 Å². The van der Waals surface area contributed by atoms with E-state index in [1.807, 2.05) is 12.1 Å². The normalized spacial score (nSPS) is 18.4. The van der Waals surface area contributed by atoms with Crippen molar-refractivity contribution in [2.24, 2.45) is 0 Å². The first-order valence-corrected chi connectivity index (χ1v) is 6.56. The molecule has 2 heteroatoms. The van der Waals surface area contributed by atoms with E-state index in [4.69, 9.17) is 5.11 Å². The minimum Gasteiger partial charge on any atom is -0.384 e. The zero-order chi connectivity index (χ0) is 13.0. The van der Waals surface area contributed by atoms with E-state index < -0.39 is 0 Å². The zero-order valence-electron chi connectivity index (χ0n) is 11.2. The summed E-state index contributed by atoms with van der Waals surface area (Å²) < 4.78 is 0. The molecule has 0 amide bonds. The summed E-state index contributed by atoms with van der Waals surface area (Å²) in [5.41, 5.74) is 2.58. The van der Waals surface area contributed by atoms with Gasteiger partial charge in [-0.05, 0) is 44.9 Å². The maximum absolute atomic E-state index is 8.80. The zero-order valence-corrected chi connectivity index (χ0v) is 11.2. The first-order chi connectivity index (χ1) is 8.63. The molecule has 2 rings (SSSR count). The summed E-state index contributed by atoms with van der Waals surface area (Å²) in [6, 6.07) is 8.22. The fraction of sp³-hybridized carbons (Fsp3) is 0.500. The molecule has 1 aliphatic rings. The van der Waals surface area contributed by atoms with Crippen molar-refractivity contribution in [3.05, 3.63) is 35.4 Å². The lowest BCUT2D eigenvalue weighted by atomic mass is 10.0. The molecule has 0 aliphatic carbocycles. The fourth-order valence-electron chi connectivity index (χ4n) is 2.58. The largest absolute Gasteiger partial charge is 0.384 e. The molecule has 1 saturated heterocycles. The molecule has 1 aliphatic heterocycles. The van der Waals surface area contributed by atoms with Crippen LogP contribution in [0.4, 0.5) is 0 Å². The Hall–Kier alpha value is -1.30. The van der Waals surface area contributed by atoms with Crippen molar-refractivity contribution in [3.8, 4) is 11.8 Å². The minimum atomic E-state index is -0.0798. The predicted molar refractivity (Wildman–Crippen MR) is 74.1 cm³/mol. The number of benzene rings is 1. The van der Waals surface area contributed by atoms with E-state index in [2.05, 4.69) is 42.7 Å². The third kappa shape index (κ3) is 2.93. The van der Waals surface area contributed by atoms with Gasteiger partial charge in [-0.25, -0.2) is 0 Å². The summed E-state index contributed by atoms with van der Waals surface area (Å²) in [5.74, 6) is 5.78. The molecule has 0 unspecified atom stereocenters. The quantitative estimate of drug-likeness (QED) is 0.806. The monoisotopic (exact) mass is 243 g/mol. The third-order valence-electron chi connectivity index (χ3n) is 3.75. The summed E-state index contributed by atoms with van der Waals surface area (Å²) in [4.78, 5) is 2.52. The SMILES string of the molecule is CC1(C)CCCN1Cc1ccccc1C#CCO.